The van der Waals surface area contributed by atoms with E-state index in [-0.39, 0.29) is 11.9 Å². The highest BCUT2D eigenvalue weighted by molar-refractivity contribution is 6.31. The monoisotopic (exact) mass is 352 g/mol. The van der Waals surface area contributed by atoms with Gasteiger partial charge in [0.25, 0.3) is 0 Å². The second kappa shape index (κ2) is 6.93. The van der Waals surface area contributed by atoms with Crippen molar-refractivity contribution in [1.29, 1.82) is 0 Å². The van der Waals surface area contributed by atoms with E-state index >= 15 is 0 Å². The number of H-pyrrole nitrogens is 1. The molecule has 0 bridgehead atoms. The Balaban J connectivity index is 1.49. The Labute approximate surface area is 152 Å². The lowest BCUT2D eigenvalue weighted by Gasteiger charge is -2.24. The predicted octanol–water partition coefficient (Wildman–Crippen LogP) is 4.95. The van der Waals surface area contributed by atoms with E-state index in [1.54, 1.807) is 0 Å². The Morgan fingerprint density at radius 2 is 2.04 bits per heavy atom. The minimum Gasteiger partial charge on any atom is -0.356 e. The molecule has 2 N–H and O–H groups in total. The largest absolute Gasteiger partial charge is 0.356 e. The summed E-state index contributed by atoms with van der Waals surface area (Å²) in [6, 6.07) is 16.1. The van der Waals surface area contributed by atoms with Crippen LogP contribution in [0.15, 0.2) is 48.5 Å². The number of carbonyl (C=O) groups excluding carboxylic acids is 1. The third-order valence-electron chi connectivity index (χ3n) is 4.99. The number of nitrogens with one attached hydrogen (secondary N) is 2. The molecule has 0 unspecified atom stereocenters. The van der Waals surface area contributed by atoms with Crippen molar-refractivity contribution in [2.75, 3.05) is 0 Å². The molecule has 128 valence electrons. The number of hydrogen-bond acceptors (Lipinski definition) is 1. The molecular formula is C21H21ClN2O. The first kappa shape index (κ1) is 16.2. The summed E-state index contributed by atoms with van der Waals surface area (Å²) >= 11 is 6.15. The number of hydrogen-bond donors (Lipinski definition) is 2. The fraction of sp³-hybridized carbons (Fsp3) is 0.286. The van der Waals surface area contributed by atoms with E-state index in [2.05, 4.69) is 22.4 Å². The van der Waals surface area contributed by atoms with Crippen LogP contribution in [0, 0.1) is 0 Å². The number of rotatable bonds is 4. The van der Waals surface area contributed by atoms with E-state index in [0.717, 1.165) is 41.9 Å². The van der Waals surface area contributed by atoms with E-state index in [9.17, 15) is 4.79 Å². The topological polar surface area (TPSA) is 44.9 Å². The molecule has 0 spiro atoms. The summed E-state index contributed by atoms with van der Waals surface area (Å²) in [6.07, 6.45) is 4.38. The molecule has 0 radical (unpaired) electrons. The molecule has 0 saturated carbocycles. The van der Waals surface area contributed by atoms with Crippen molar-refractivity contribution in [2.45, 2.75) is 38.1 Å². The molecule has 0 saturated heterocycles. The molecule has 4 rings (SSSR count). The molecule has 1 amide bonds. The first-order valence-electron chi connectivity index (χ1n) is 8.84. The lowest BCUT2D eigenvalue weighted by Crippen LogP contribution is -2.31. The smallest absolute Gasteiger partial charge is 0.220 e. The summed E-state index contributed by atoms with van der Waals surface area (Å²) in [5, 5.41) is 5.16. The van der Waals surface area contributed by atoms with Gasteiger partial charge in [-0.15, -0.1) is 0 Å². The molecule has 4 heteroatoms. The standard InChI is InChI=1S/C21H21ClN2O/c22-15-10-11-18-17(13-15)16-7-4-8-19(21(16)24-18)23-20(25)12-9-14-5-2-1-3-6-14/h1-3,5-6,10-11,13,19,24H,4,7-9,12H2,(H,23,25)/t19-/m0/s1. The number of amides is 1. The number of carbonyl (C=O) groups is 1. The maximum Gasteiger partial charge on any atom is 0.220 e. The summed E-state index contributed by atoms with van der Waals surface area (Å²) in [5.41, 5.74) is 4.75. The van der Waals surface area contributed by atoms with Gasteiger partial charge in [-0.2, -0.15) is 0 Å². The first-order chi connectivity index (χ1) is 12.2. The normalized spacial score (nSPS) is 16.6. The Morgan fingerprint density at radius 3 is 2.88 bits per heavy atom. The van der Waals surface area contributed by atoms with Gasteiger partial charge in [-0.05, 0) is 55.0 Å². The summed E-state index contributed by atoms with van der Waals surface area (Å²) in [4.78, 5) is 15.9. The van der Waals surface area contributed by atoms with Crippen molar-refractivity contribution >= 4 is 28.4 Å². The Kier molecular flexibility index (Phi) is 4.50. The van der Waals surface area contributed by atoms with Gasteiger partial charge in [-0.25, -0.2) is 0 Å². The van der Waals surface area contributed by atoms with Gasteiger partial charge >= 0.3 is 0 Å². The highest BCUT2D eigenvalue weighted by atomic mass is 35.5. The number of aromatic amines is 1. The molecule has 0 aliphatic heterocycles. The SMILES string of the molecule is O=C(CCc1ccccc1)N[C@H]1CCCc2c1[nH]c1ccc(Cl)cc21. The van der Waals surface area contributed by atoms with Gasteiger partial charge < -0.3 is 10.3 Å². The number of fused-ring (bicyclic) bond motifs is 3. The van der Waals surface area contributed by atoms with Crippen LogP contribution in [0.25, 0.3) is 10.9 Å². The molecular weight excluding hydrogens is 332 g/mol. The molecule has 0 fully saturated rings. The van der Waals surface area contributed by atoms with Gasteiger partial charge in [0.2, 0.25) is 5.91 Å². The highest BCUT2D eigenvalue weighted by Gasteiger charge is 2.25. The number of aryl methyl sites for hydroxylation is 2. The average Bonchev–Trinajstić information content (AvgIpc) is 3.00. The molecule has 25 heavy (non-hydrogen) atoms. The van der Waals surface area contributed by atoms with Crippen LogP contribution in [0.2, 0.25) is 5.02 Å². The highest BCUT2D eigenvalue weighted by Crippen LogP contribution is 2.35. The second-order valence-electron chi connectivity index (χ2n) is 6.71. The van der Waals surface area contributed by atoms with Crippen LogP contribution in [-0.2, 0) is 17.6 Å². The summed E-state index contributed by atoms with van der Waals surface area (Å²) in [5.74, 6) is 0.110. The van der Waals surface area contributed by atoms with Crippen LogP contribution < -0.4 is 5.32 Å². The second-order valence-corrected chi connectivity index (χ2v) is 7.14. The fourth-order valence-corrected chi connectivity index (χ4v) is 3.92. The summed E-state index contributed by atoms with van der Waals surface area (Å²) in [6.45, 7) is 0. The molecule has 2 aromatic carbocycles. The van der Waals surface area contributed by atoms with Crippen LogP contribution >= 0.6 is 11.6 Å². The first-order valence-corrected chi connectivity index (χ1v) is 9.22. The predicted molar refractivity (Wildman–Crippen MR) is 102 cm³/mol. The average molecular weight is 353 g/mol. The van der Waals surface area contributed by atoms with Crippen molar-refractivity contribution in [3.05, 3.63) is 70.4 Å². The van der Waals surface area contributed by atoms with Gasteiger partial charge in [0.15, 0.2) is 0 Å². The lowest BCUT2D eigenvalue weighted by molar-refractivity contribution is -0.121. The van der Waals surface area contributed by atoms with E-state index < -0.39 is 0 Å². The molecule has 3 nitrogen and oxygen atoms in total. The fourth-order valence-electron chi connectivity index (χ4n) is 3.75. The van der Waals surface area contributed by atoms with Crippen LogP contribution in [0.3, 0.4) is 0 Å². The van der Waals surface area contributed by atoms with Crippen molar-refractivity contribution in [2.24, 2.45) is 0 Å². The quantitative estimate of drug-likeness (QED) is 0.685. The minimum absolute atomic E-state index is 0.0678. The zero-order valence-electron chi connectivity index (χ0n) is 14.0. The number of halogens is 1. The zero-order valence-corrected chi connectivity index (χ0v) is 14.8. The van der Waals surface area contributed by atoms with Crippen molar-refractivity contribution < 1.29 is 4.79 Å². The maximum absolute atomic E-state index is 12.4. The van der Waals surface area contributed by atoms with Gasteiger partial charge in [-0.3, -0.25) is 4.79 Å². The minimum atomic E-state index is 0.0678. The molecule has 1 aromatic heterocycles. The van der Waals surface area contributed by atoms with Gasteiger partial charge in [-0.1, -0.05) is 41.9 Å². The third-order valence-corrected chi connectivity index (χ3v) is 5.22. The Morgan fingerprint density at radius 1 is 1.20 bits per heavy atom. The van der Waals surface area contributed by atoms with Crippen LogP contribution in [0.1, 0.15) is 42.1 Å². The molecule has 1 aliphatic rings. The van der Waals surface area contributed by atoms with Crippen molar-refractivity contribution in [3.8, 4) is 0 Å². The van der Waals surface area contributed by atoms with Gasteiger partial charge in [0.05, 0.1) is 6.04 Å². The number of aromatic nitrogens is 1. The van der Waals surface area contributed by atoms with Gasteiger partial charge in [0.1, 0.15) is 0 Å². The van der Waals surface area contributed by atoms with E-state index in [1.165, 1.54) is 16.5 Å². The summed E-state index contributed by atoms with van der Waals surface area (Å²) < 4.78 is 0. The van der Waals surface area contributed by atoms with Crippen LogP contribution in [-0.4, -0.2) is 10.9 Å². The van der Waals surface area contributed by atoms with E-state index in [1.807, 2.05) is 36.4 Å². The molecule has 3 aromatic rings. The molecule has 1 aliphatic carbocycles. The van der Waals surface area contributed by atoms with E-state index in [0.29, 0.717) is 6.42 Å². The van der Waals surface area contributed by atoms with Crippen LogP contribution in [0.4, 0.5) is 0 Å². The Hall–Kier alpha value is -2.26. The lowest BCUT2D eigenvalue weighted by atomic mass is 9.91. The van der Waals surface area contributed by atoms with Crippen LogP contribution in [0.5, 0.6) is 0 Å². The Bertz CT molecular complexity index is 901. The van der Waals surface area contributed by atoms with Gasteiger partial charge in [0, 0.05) is 28.0 Å². The third kappa shape index (κ3) is 3.42. The zero-order chi connectivity index (χ0) is 17.2. The van der Waals surface area contributed by atoms with Crippen molar-refractivity contribution in [3.63, 3.8) is 0 Å². The molecule has 1 heterocycles. The number of benzene rings is 2. The van der Waals surface area contributed by atoms with Crippen molar-refractivity contribution in [1.82, 2.24) is 10.3 Å². The summed E-state index contributed by atoms with van der Waals surface area (Å²) in [7, 11) is 0. The molecule has 1 atom stereocenters. The van der Waals surface area contributed by atoms with E-state index in [4.69, 9.17) is 11.6 Å². The maximum atomic E-state index is 12.4.